The van der Waals surface area contributed by atoms with Crippen molar-refractivity contribution in [1.82, 2.24) is 10.2 Å². The molecule has 0 fully saturated rings. The van der Waals surface area contributed by atoms with Crippen molar-refractivity contribution in [1.29, 1.82) is 0 Å². The van der Waals surface area contributed by atoms with Gasteiger partial charge in [0.2, 0.25) is 0 Å². The van der Waals surface area contributed by atoms with Crippen molar-refractivity contribution in [2.24, 2.45) is 5.92 Å². The normalized spacial score (nSPS) is 13.1. The fourth-order valence-electron chi connectivity index (χ4n) is 1.09. The minimum atomic E-state index is -0.708. The van der Waals surface area contributed by atoms with Crippen LogP contribution in [0, 0.1) is 5.92 Å². The molecule has 0 aromatic rings. The fourth-order valence-corrected chi connectivity index (χ4v) is 1.09. The van der Waals surface area contributed by atoms with Crippen molar-refractivity contribution in [3.63, 3.8) is 0 Å². The molecule has 0 radical (unpaired) electrons. The first-order valence-electron chi connectivity index (χ1n) is 5.12. The van der Waals surface area contributed by atoms with E-state index in [1.54, 1.807) is 6.92 Å². The van der Waals surface area contributed by atoms with Crippen LogP contribution in [0.2, 0.25) is 0 Å². The van der Waals surface area contributed by atoms with Crippen LogP contribution in [0.3, 0.4) is 0 Å². The van der Waals surface area contributed by atoms with Crippen LogP contribution >= 0.6 is 0 Å². The van der Waals surface area contributed by atoms with Gasteiger partial charge in [0, 0.05) is 0 Å². The first-order chi connectivity index (χ1) is 6.54. The minimum Gasteiger partial charge on any atom is -0.481 e. The van der Waals surface area contributed by atoms with E-state index in [4.69, 9.17) is 5.11 Å². The largest absolute Gasteiger partial charge is 0.481 e. The Morgan fingerprint density at radius 2 is 2.07 bits per heavy atom. The van der Waals surface area contributed by atoms with Gasteiger partial charge in [-0.3, -0.25) is 4.79 Å². The lowest BCUT2D eigenvalue weighted by atomic mass is 10.1. The first kappa shape index (κ1) is 13.4. The highest BCUT2D eigenvalue weighted by molar-refractivity contribution is 5.69. The molecule has 0 aliphatic heterocycles. The predicted molar refractivity (Wildman–Crippen MR) is 57.5 cm³/mol. The van der Waals surface area contributed by atoms with E-state index in [-0.39, 0.29) is 5.92 Å². The third-order valence-electron chi connectivity index (χ3n) is 2.13. The van der Waals surface area contributed by atoms with Crippen molar-refractivity contribution in [2.45, 2.75) is 19.8 Å². The van der Waals surface area contributed by atoms with Crippen LogP contribution in [0.5, 0.6) is 0 Å². The summed E-state index contributed by atoms with van der Waals surface area (Å²) in [6.45, 7) is 4.57. The van der Waals surface area contributed by atoms with E-state index in [1.165, 1.54) is 0 Å². The smallest absolute Gasteiger partial charge is 0.306 e. The maximum absolute atomic E-state index is 10.5. The topological polar surface area (TPSA) is 52.6 Å². The molecule has 84 valence electrons. The average molecular weight is 202 g/mol. The van der Waals surface area contributed by atoms with Gasteiger partial charge < -0.3 is 15.3 Å². The number of carboxylic acid groups (broad SMARTS) is 1. The summed E-state index contributed by atoms with van der Waals surface area (Å²) in [6, 6.07) is 0. The first-order valence-corrected chi connectivity index (χ1v) is 5.12. The predicted octanol–water partition coefficient (Wildman–Crippen LogP) is 0.639. The lowest BCUT2D eigenvalue weighted by molar-refractivity contribution is -0.141. The molecule has 2 N–H and O–H groups in total. The van der Waals surface area contributed by atoms with E-state index in [0.717, 1.165) is 26.1 Å². The molecule has 0 aliphatic rings. The zero-order chi connectivity index (χ0) is 11.0. The molecule has 0 heterocycles. The number of hydrogen-bond donors (Lipinski definition) is 2. The van der Waals surface area contributed by atoms with E-state index in [2.05, 4.69) is 10.2 Å². The van der Waals surface area contributed by atoms with Gasteiger partial charge in [0.25, 0.3) is 0 Å². The van der Waals surface area contributed by atoms with Crippen molar-refractivity contribution < 1.29 is 9.90 Å². The Morgan fingerprint density at radius 3 is 2.57 bits per heavy atom. The maximum atomic E-state index is 10.5. The van der Waals surface area contributed by atoms with Crippen LogP contribution < -0.4 is 5.32 Å². The number of nitrogens with one attached hydrogen (secondary N) is 1. The molecule has 0 saturated heterocycles. The minimum absolute atomic E-state index is 0.239. The van der Waals surface area contributed by atoms with Crippen LogP contribution in [0.4, 0.5) is 0 Å². The van der Waals surface area contributed by atoms with E-state index in [0.29, 0.717) is 6.42 Å². The van der Waals surface area contributed by atoms with Crippen LogP contribution in [-0.2, 0) is 4.79 Å². The van der Waals surface area contributed by atoms with Crippen molar-refractivity contribution in [3.8, 4) is 0 Å². The Bertz CT molecular complexity index is 160. The summed E-state index contributed by atoms with van der Waals surface area (Å²) in [7, 11) is 4.10. The Balaban J connectivity index is 3.17. The highest BCUT2D eigenvalue weighted by Crippen LogP contribution is 1.99. The van der Waals surface area contributed by atoms with Crippen LogP contribution in [0.1, 0.15) is 19.8 Å². The molecule has 1 atom stereocenters. The molecule has 0 aromatic carbocycles. The summed E-state index contributed by atoms with van der Waals surface area (Å²) in [5, 5.41) is 11.9. The molecule has 0 bridgehead atoms. The van der Waals surface area contributed by atoms with E-state index >= 15 is 0 Å². The van der Waals surface area contributed by atoms with Crippen molar-refractivity contribution in [2.75, 3.05) is 33.7 Å². The van der Waals surface area contributed by atoms with E-state index in [1.807, 2.05) is 14.1 Å². The molecule has 4 heteroatoms. The standard InChI is InChI=1S/C10H22N2O2/c1-9(10(13)14)5-7-11-6-4-8-12(2)3/h9,11H,4-8H2,1-3H3,(H,13,14). The van der Waals surface area contributed by atoms with E-state index in [9.17, 15) is 4.79 Å². The van der Waals surface area contributed by atoms with Gasteiger partial charge in [-0.05, 0) is 46.6 Å². The molecule has 0 aromatic heterocycles. The van der Waals surface area contributed by atoms with Gasteiger partial charge in [-0.1, -0.05) is 6.92 Å². The van der Waals surface area contributed by atoms with Gasteiger partial charge in [0.1, 0.15) is 0 Å². The third-order valence-corrected chi connectivity index (χ3v) is 2.13. The number of hydrogen-bond acceptors (Lipinski definition) is 3. The summed E-state index contributed by atoms with van der Waals surface area (Å²) in [5.74, 6) is -0.948. The van der Waals surface area contributed by atoms with Crippen LogP contribution in [-0.4, -0.2) is 49.7 Å². The molecule has 0 saturated carbocycles. The number of carbonyl (C=O) groups is 1. The monoisotopic (exact) mass is 202 g/mol. The lowest BCUT2D eigenvalue weighted by Gasteiger charge is -2.10. The maximum Gasteiger partial charge on any atom is 0.306 e. The zero-order valence-corrected chi connectivity index (χ0v) is 9.42. The lowest BCUT2D eigenvalue weighted by Crippen LogP contribution is -2.24. The summed E-state index contributed by atoms with van der Waals surface area (Å²) in [6.07, 6.45) is 1.81. The number of rotatable bonds is 8. The average Bonchev–Trinajstić information content (AvgIpc) is 2.09. The number of aliphatic carboxylic acids is 1. The second kappa shape index (κ2) is 7.76. The van der Waals surface area contributed by atoms with E-state index < -0.39 is 5.97 Å². The second-order valence-electron chi connectivity index (χ2n) is 3.93. The number of carboxylic acids is 1. The highest BCUT2D eigenvalue weighted by atomic mass is 16.4. The van der Waals surface area contributed by atoms with Gasteiger partial charge in [0.05, 0.1) is 5.92 Å². The fraction of sp³-hybridized carbons (Fsp3) is 0.900. The summed E-state index contributed by atoms with van der Waals surface area (Å²) in [4.78, 5) is 12.6. The van der Waals surface area contributed by atoms with Crippen molar-refractivity contribution in [3.05, 3.63) is 0 Å². The van der Waals surface area contributed by atoms with Gasteiger partial charge in [-0.25, -0.2) is 0 Å². The summed E-state index contributed by atoms with van der Waals surface area (Å²) >= 11 is 0. The van der Waals surface area contributed by atoms with Gasteiger partial charge >= 0.3 is 5.97 Å². The molecule has 1 unspecified atom stereocenters. The molecule has 4 nitrogen and oxygen atoms in total. The molecule has 14 heavy (non-hydrogen) atoms. The molecule has 0 rings (SSSR count). The van der Waals surface area contributed by atoms with Gasteiger partial charge in [0.15, 0.2) is 0 Å². The van der Waals surface area contributed by atoms with Crippen molar-refractivity contribution >= 4 is 5.97 Å². The molecular weight excluding hydrogens is 180 g/mol. The Hall–Kier alpha value is -0.610. The molecular formula is C10H22N2O2. The Morgan fingerprint density at radius 1 is 1.43 bits per heavy atom. The Kier molecular flexibility index (Phi) is 7.42. The van der Waals surface area contributed by atoms with Crippen LogP contribution in [0.15, 0.2) is 0 Å². The van der Waals surface area contributed by atoms with Crippen LogP contribution in [0.25, 0.3) is 0 Å². The second-order valence-corrected chi connectivity index (χ2v) is 3.93. The highest BCUT2D eigenvalue weighted by Gasteiger charge is 2.08. The molecule has 0 amide bonds. The number of nitrogens with zero attached hydrogens (tertiary/aromatic N) is 1. The SMILES string of the molecule is CC(CCNCCCN(C)C)C(=O)O. The molecule has 0 aliphatic carbocycles. The van der Waals surface area contributed by atoms with Gasteiger partial charge in [-0.15, -0.1) is 0 Å². The zero-order valence-electron chi connectivity index (χ0n) is 9.42. The summed E-state index contributed by atoms with van der Waals surface area (Å²) in [5.41, 5.74) is 0. The molecule has 0 spiro atoms. The Labute approximate surface area is 86.3 Å². The third kappa shape index (κ3) is 8.01. The van der Waals surface area contributed by atoms with Gasteiger partial charge in [-0.2, -0.15) is 0 Å². The summed E-state index contributed by atoms with van der Waals surface area (Å²) < 4.78 is 0. The quantitative estimate of drug-likeness (QED) is 0.567.